The molecule has 0 N–H and O–H groups in total. The molecule has 6 rings (SSSR count). The molecule has 394 valence electrons. The molecular weight excluding hydrogens is 869 g/mol. The van der Waals surface area contributed by atoms with Crippen LogP contribution in [0.1, 0.15) is 251 Å². The summed E-state index contributed by atoms with van der Waals surface area (Å²) in [5.41, 5.74) is 4.66. The zero-order valence-electron chi connectivity index (χ0n) is 46.0. The smallest absolute Gasteiger partial charge is 0.159 e. The molecule has 0 radical (unpaired) electrons. The quantitative estimate of drug-likeness (QED) is 0.0428. The van der Waals surface area contributed by atoms with E-state index in [-0.39, 0.29) is 0 Å². The van der Waals surface area contributed by atoms with Crippen LogP contribution in [-0.4, -0.2) is 33.1 Å². The van der Waals surface area contributed by atoms with Gasteiger partial charge in [0.15, 0.2) is 11.6 Å². The van der Waals surface area contributed by atoms with Crippen LogP contribution >= 0.6 is 0 Å². The van der Waals surface area contributed by atoms with Gasteiger partial charge in [-0.15, -0.1) is 0 Å². The van der Waals surface area contributed by atoms with E-state index >= 15 is 0 Å². The Morgan fingerprint density at radius 3 is 0.986 bits per heavy atom. The number of aromatic nitrogens is 4. The number of hydrogen-bond donors (Lipinski definition) is 0. The van der Waals surface area contributed by atoms with Crippen molar-refractivity contribution in [1.82, 2.24) is 19.9 Å². The molecular formula is C65H102N4O2. The van der Waals surface area contributed by atoms with Crippen molar-refractivity contribution in [2.24, 2.45) is 23.7 Å². The van der Waals surface area contributed by atoms with Crippen LogP contribution in [0, 0.1) is 23.7 Å². The average Bonchev–Trinajstić information content (AvgIpc) is 3.42. The molecule has 2 fully saturated rings. The first-order valence-electron chi connectivity index (χ1n) is 30.1. The van der Waals surface area contributed by atoms with Crippen LogP contribution in [0.3, 0.4) is 0 Å². The highest BCUT2D eigenvalue weighted by Crippen LogP contribution is 2.36. The first-order chi connectivity index (χ1) is 35.1. The number of nitrogens with zero attached hydrogens (tertiary/aromatic N) is 4. The average molecular weight is 972 g/mol. The Labute approximate surface area is 435 Å². The number of ether oxygens (including phenoxy) is 2. The van der Waals surface area contributed by atoms with Gasteiger partial charge in [0.05, 0.1) is 13.2 Å². The molecule has 0 amide bonds. The van der Waals surface area contributed by atoms with Gasteiger partial charge >= 0.3 is 0 Å². The van der Waals surface area contributed by atoms with E-state index in [2.05, 4.69) is 84.0 Å². The molecule has 6 heteroatoms. The summed E-state index contributed by atoms with van der Waals surface area (Å²) in [6.07, 6.45) is 55.4. The summed E-state index contributed by atoms with van der Waals surface area (Å²) in [6, 6.07) is 16.5. The van der Waals surface area contributed by atoms with E-state index in [9.17, 15) is 0 Å². The highest BCUT2D eigenvalue weighted by atomic mass is 16.5. The highest BCUT2D eigenvalue weighted by Gasteiger charge is 2.22. The Morgan fingerprint density at radius 1 is 0.338 bits per heavy atom. The van der Waals surface area contributed by atoms with Gasteiger partial charge in [0.25, 0.3) is 0 Å². The van der Waals surface area contributed by atoms with Crippen LogP contribution in [0.2, 0.25) is 0 Å². The number of unbranched alkanes of at least 4 members (excludes halogenated alkanes) is 17. The van der Waals surface area contributed by atoms with Crippen molar-refractivity contribution < 1.29 is 9.47 Å². The lowest BCUT2D eigenvalue weighted by molar-refractivity contribution is 0.249. The molecule has 0 atom stereocenters. The summed E-state index contributed by atoms with van der Waals surface area (Å²) in [5.74, 6) is 7.28. The lowest BCUT2D eigenvalue weighted by atomic mass is 9.78. The molecule has 71 heavy (non-hydrogen) atoms. The standard InChI is InChI=1S/C33H52N2O.C32H50N2O/c1-3-5-7-8-9-10-11-13-25-36-32-23-21-31(22-24-32)33-34-26-30(27-35-33)20-19-29-17-15-28(16-18-29)14-12-6-4-2;1-3-5-7-8-9-10-11-12-24-35-31-22-20-30(21-23-31)32-33-25-29(26-34-32)19-18-28-16-14-27(15-17-28)13-6-4-2/h21-24,26-29H,3-20,25H2,1-2H3;20-23,25-28H,3-19,24H2,1-2H3. The summed E-state index contributed by atoms with van der Waals surface area (Å²) in [6.45, 7) is 10.8. The fraction of sp³-hybridized carbons (Fsp3) is 0.692. The van der Waals surface area contributed by atoms with Crippen LogP contribution in [0.4, 0.5) is 0 Å². The maximum Gasteiger partial charge on any atom is 0.159 e. The second-order valence-corrected chi connectivity index (χ2v) is 22.0. The second-order valence-electron chi connectivity index (χ2n) is 22.0. The van der Waals surface area contributed by atoms with E-state index < -0.39 is 0 Å². The van der Waals surface area contributed by atoms with Gasteiger partial charge in [0.2, 0.25) is 0 Å². The van der Waals surface area contributed by atoms with Gasteiger partial charge in [-0.2, -0.15) is 0 Å². The van der Waals surface area contributed by atoms with Gasteiger partial charge in [-0.25, -0.2) is 19.9 Å². The Morgan fingerprint density at radius 2 is 0.634 bits per heavy atom. The van der Waals surface area contributed by atoms with Gasteiger partial charge in [-0.1, -0.05) is 214 Å². The first-order valence-corrected chi connectivity index (χ1v) is 30.1. The molecule has 0 bridgehead atoms. The predicted octanol–water partition coefficient (Wildman–Crippen LogP) is 19.6. The third-order valence-electron chi connectivity index (χ3n) is 16.0. The number of aryl methyl sites for hydroxylation is 2. The Kier molecular flexibility index (Phi) is 30.3. The Bertz CT molecular complexity index is 1850. The molecule has 0 saturated heterocycles. The fourth-order valence-electron chi connectivity index (χ4n) is 11.1. The predicted molar refractivity (Wildman–Crippen MR) is 302 cm³/mol. The maximum absolute atomic E-state index is 5.94. The third-order valence-corrected chi connectivity index (χ3v) is 16.0. The molecule has 2 saturated carbocycles. The zero-order valence-corrected chi connectivity index (χ0v) is 46.0. The third kappa shape index (κ3) is 24.7. The minimum atomic E-state index is 0.805. The van der Waals surface area contributed by atoms with Gasteiger partial charge in [-0.3, -0.25) is 0 Å². The lowest BCUT2D eigenvalue weighted by Crippen LogP contribution is -2.15. The van der Waals surface area contributed by atoms with Crippen molar-refractivity contribution in [2.45, 2.75) is 252 Å². The summed E-state index contributed by atoms with van der Waals surface area (Å²) >= 11 is 0. The molecule has 0 unspecified atom stereocenters. The van der Waals surface area contributed by atoms with E-state index in [0.717, 1.165) is 96.8 Å². The van der Waals surface area contributed by atoms with Gasteiger partial charge < -0.3 is 9.47 Å². The zero-order chi connectivity index (χ0) is 49.8. The number of benzene rings is 2. The van der Waals surface area contributed by atoms with Gasteiger partial charge in [0.1, 0.15) is 11.5 Å². The summed E-state index contributed by atoms with van der Waals surface area (Å²) in [5, 5.41) is 0. The van der Waals surface area contributed by atoms with Crippen LogP contribution in [0.25, 0.3) is 22.8 Å². The van der Waals surface area contributed by atoms with Crippen LogP contribution < -0.4 is 9.47 Å². The molecule has 2 heterocycles. The molecule has 2 aromatic heterocycles. The largest absolute Gasteiger partial charge is 0.494 e. The minimum Gasteiger partial charge on any atom is -0.494 e. The van der Waals surface area contributed by atoms with Crippen molar-refractivity contribution >= 4 is 0 Å². The van der Waals surface area contributed by atoms with Crippen molar-refractivity contribution in [3.05, 3.63) is 84.4 Å². The van der Waals surface area contributed by atoms with Crippen molar-refractivity contribution in [1.29, 1.82) is 0 Å². The topological polar surface area (TPSA) is 70.0 Å². The van der Waals surface area contributed by atoms with E-state index in [1.807, 2.05) is 36.9 Å². The van der Waals surface area contributed by atoms with Crippen LogP contribution in [0.15, 0.2) is 73.3 Å². The number of rotatable bonds is 35. The molecule has 4 aromatic rings. The highest BCUT2D eigenvalue weighted by molar-refractivity contribution is 5.56. The van der Waals surface area contributed by atoms with E-state index in [4.69, 9.17) is 9.47 Å². The molecule has 2 aliphatic rings. The normalized spacial score (nSPS) is 17.9. The summed E-state index contributed by atoms with van der Waals surface area (Å²) in [4.78, 5) is 18.7. The molecule has 0 spiro atoms. The van der Waals surface area contributed by atoms with E-state index in [1.54, 1.807) is 0 Å². The lowest BCUT2D eigenvalue weighted by Gasteiger charge is -2.28. The van der Waals surface area contributed by atoms with Crippen molar-refractivity contribution in [3.63, 3.8) is 0 Å². The Balaban J connectivity index is 0.000000264. The summed E-state index contributed by atoms with van der Waals surface area (Å²) in [7, 11) is 0. The maximum atomic E-state index is 5.94. The van der Waals surface area contributed by atoms with Crippen molar-refractivity contribution in [2.75, 3.05) is 13.2 Å². The van der Waals surface area contributed by atoms with E-state index in [0.29, 0.717) is 0 Å². The molecule has 2 aliphatic carbocycles. The minimum absolute atomic E-state index is 0.805. The van der Waals surface area contributed by atoms with E-state index in [1.165, 1.54) is 210 Å². The molecule has 2 aromatic carbocycles. The SMILES string of the molecule is CCCCCCCCCCOc1ccc(-c2ncc(CCC3CCC(CCCC)CC3)cn2)cc1.CCCCCCCCCCOc1ccc(-c2ncc(CCC3CCC(CCCCC)CC3)cn2)cc1. The Hall–Kier alpha value is -3.80. The molecule has 6 nitrogen and oxygen atoms in total. The van der Waals surface area contributed by atoms with Crippen LogP contribution in [-0.2, 0) is 12.8 Å². The summed E-state index contributed by atoms with van der Waals surface area (Å²) < 4.78 is 11.9. The molecule has 0 aliphatic heterocycles. The fourth-order valence-corrected chi connectivity index (χ4v) is 11.1. The van der Waals surface area contributed by atoms with Crippen molar-refractivity contribution in [3.8, 4) is 34.3 Å². The monoisotopic (exact) mass is 971 g/mol. The van der Waals surface area contributed by atoms with Crippen LogP contribution in [0.5, 0.6) is 11.5 Å². The van der Waals surface area contributed by atoms with Gasteiger partial charge in [-0.05, 0) is 122 Å². The van der Waals surface area contributed by atoms with Gasteiger partial charge in [0, 0.05) is 35.9 Å². The first kappa shape index (κ1) is 58.1. The second kappa shape index (κ2) is 37.0. The number of hydrogen-bond acceptors (Lipinski definition) is 6.